The maximum atomic E-state index is 13.3. The fourth-order valence-electron chi connectivity index (χ4n) is 4.47. The molecule has 0 aromatic heterocycles. The molecule has 0 saturated carbocycles. The number of anilines is 1. The number of halogens is 1. The van der Waals surface area contributed by atoms with Crippen molar-refractivity contribution in [3.63, 3.8) is 0 Å². The molecular weight excluding hydrogens is 436 g/mol. The van der Waals surface area contributed by atoms with Crippen molar-refractivity contribution in [2.45, 2.75) is 25.3 Å². The Bertz CT molecular complexity index is 962. The fourth-order valence-corrected chi connectivity index (χ4v) is 4.74. The first-order chi connectivity index (χ1) is 14.1. The van der Waals surface area contributed by atoms with Crippen molar-refractivity contribution in [3.05, 3.63) is 52.5 Å². The zero-order chi connectivity index (χ0) is 20.0. The fraction of sp³-hybridized carbons (Fsp3) is 0.364. The zero-order valence-corrected chi connectivity index (χ0v) is 17.4. The molecule has 2 amide bonds. The minimum Gasteiger partial charge on any atom is -0.454 e. The Kier molecular flexibility index (Phi) is 4.70. The van der Waals surface area contributed by atoms with Crippen LogP contribution in [-0.4, -0.2) is 36.6 Å². The van der Waals surface area contributed by atoms with Crippen molar-refractivity contribution >= 4 is 33.4 Å². The van der Waals surface area contributed by atoms with Gasteiger partial charge in [0.15, 0.2) is 11.5 Å². The van der Waals surface area contributed by atoms with Gasteiger partial charge in [-0.15, -0.1) is 0 Å². The third-order valence-corrected chi connectivity index (χ3v) is 6.46. The largest absolute Gasteiger partial charge is 0.454 e. The van der Waals surface area contributed by atoms with Crippen LogP contribution in [0.5, 0.6) is 11.5 Å². The number of amides is 2. The van der Waals surface area contributed by atoms with E-state index >= 15 is 0 Å². The van der Waals surface area contributed by atoms with Gasteiger partial charge < -0.3 is 19.3 Å². The van der Waals surface area contributed by atoms with Crippen LogP contribution in [0.4, 0.5) is 5.69 Å². The molecule has 2 aromatic rings. The molecule has 0 aliphatic carbocycles. The highest BCUT2D eigenvalue weighted by Gasteiger charge is 2.40. The van der Waals surface area contributed by atoms with Crippen LogP contribution in [-0.2, 0) is 9.59 Å². The highest BCUT2D eigenvalue weighted by atomic mass is 79.9. The number of carbonyl (C=O) groups excluding carboxylic acids is 2. The number of benzene rings is 2. The van der Waals surface area contributed by atoms with Crippen LogP contribution >= 0.6 is 15.9 Å². The molecule has 0 spiro atoms. The van der Waals surface area contributed by atoms with Gasteiger partial charge in [0.1, 0.15) is 0 Å². The molecule has 6 nitrogen and oxygen atoms in total. The van der Waals surface area contributed by atoms with Crippen LogP contribution in [0.3, 0.4) is 0 Å². The van der Waals surface area contributed by atoms with Crippen LogP contribution < -0.4 is 14.4 Å². The Morgan fingerprint density at radius 1 is 1.07 bits per heavy atom. The Hall–Kier alpha value is -2.54. The van der Waals surface area contributed by atoms with E-state index in [1.165, 1.54) is 0 Å². The minimum absolute atomic E-state index is 0.0263. The quantitative estimate of drug-likeness (QED) is 0.702. The number of nitrogens with zero attached hydrogens (tertiary/aromatic N) is 2. The van der Waals surface area contributed by atoms with Gasteiger partial charge in [-0.3, -0.25) is 9.59 Å². The zero-order valence-electron chi connectivity index (χ0n) is 15.8. The predicted molar refractivity (Wildman–Crippen MR) is 111 cm³/mol. The van der Waals surface area contributed by atoms with Crippen LogP contribution in [0.1, 0.15) is 30.9 Å². The lowest BCUT2D eigenvalue weighted by atomic mass is 10.0. The number of rotatable bonds is 3. The average molecular weight is 457 g/mol. The molecule has 29 heavy (non-hydrogen) atoms. The molecule has 0 radical (unpaired) electrons. The summed E-state index contributed by atoms with van der Waals surface area (Å²) in [7, 11) is 0. The van der Waals surface area contributed by atoms with Crippen molar-refractivity contribution in [1.82, 2.24) is 4.90 Å². The number of fused-ring (bicyclic) bond motifs is 1. The minimum atomic E-state index is -0.316. The molecule has 150 valence electrons. The lowest BCUT2D eigenvalue weighted by Gasteiger charge is -2.27. The van der Waals surface area contributed by atoms with E-state index in [0.717, 1.165) is 35.1 Å². The van der Waals surface area contributed by atoms with Crippen molar-refractivity contribution in [2.24, 2.45) is 5.92 Å². The van der Waals surface area contributed by atoms with Crippen LogP contribution in [0, 0.1) is 5.92 Å². The monoisotopic (exact) mass is 456 g/mol. The first kappa shape index (κ1) is 18.5. The normalized spacial score (nSPS) is 23.1. The second-order valence-electron chi connectivity index (χ2n) is 7.68. The summed E-state index contributed by atoms with van der Waals surface area (Å²) in [5.41, 5.74) is 1.90. The van der Waals surface area contributed by atoms with E-state index in [4.69, 9.17) is 9.47 Å². The molecule has 3 heterocycles. The van der Waals surface area contributed by atoms with E-state index in [1.54, 1.807) is 4.90 Å². The Balaban J connectivity index is 1.33. The second kappa shape index (κ2) is 7.37. The number of hydrogen-bond donors (Lipinski definition) is 0. The Morgan fingerprint density at radius 3 is 2.69 bits per heavy atom. The standard InChI is InChI=1S/C22H21BrN2O4/c23-16-5-3-14(4-6-16)18-2-1-9-24(18)22(27)15-10-21(26)25(12-15)17-7-8-19-20(11-17)29-13-28-19/h3-8,11,15,18H,1-2,9-10,12-13H2. The van der Waals surface area contributed by atoms with Crippen LogP contribution in [0.15, 0.2) is 46.9 Å². The van der Waals surface area contributed by atoms with E-state index in [1.807, 2.05) is 35.2 Å². The lowest BCUT2D eigenvalue weighted by Crippen LogP contribution is -2.37. The van der Waals surface area contributed by atoms with Crippen molar-refractivity contribution in [1.29, 1.82) is 0 Å². The maximum absolute atomic E-state index is 13.3. The average Bonchev–Trinajstić information content (AvgIpc) is 3.46. The summed E-state index contributed by atoms with van der Waals surface area (Å²) in [5, 5.41) is 0. The molecule has 2 atom stereocenters. The van der Waals surface area contributed by atoms with Crippen molar-refractivity contribution in [3.8, 4) is 11.5 Å². The van der Waals surface area contributed by atoms with Gasteiger partial charge in [-0.25, -0.2) is 0 Å². The van der Waals surface area contributed by atoms with E-state index in [2.05, 4.69) is 28.1 Å². The van der Waals surface area contributed by atoms with E-state index in [0.29, 0.717) is 18.0 Å². The van der Waals surface area contributed by atoms with E-state index in [-0.39, 0.29) is 37.0 Å². The van der Waals surface area contributed by atoms with Crippen molar-refractivity contribution < 1.29 is 19.1 Å². The topological polar surface area (TPSA) is 59.1 Å². The smallest absolute Gasteiger partial charge is 0.231 e. The van der Waals surface area contributed by atoms with Gasteiger partial charge in [-0.1, -0.05) is 28.1 Å². The molecule has 2 aromatic carbocycles. The summed E-state index contributed by atoms with van der Waals surface area (Å²) in [6.45, 7) is 1.34. The molecule has 3 aliphatic rings. The lowest BCUT2D eigenvalue weighted by molar-refractivity contribution is -0.136. The molecule has 7 heteroatoms. The summed E-state index contributed by atoms with van der Waals surface area (Å²) in [4.78, 5) is 29.6. The van der Waals surface area contributed by atoms with Crippen LogP contribution in [0.25, 0.3) is 0 Å². The summed E-state index contributed by atoms with van der Waals surface area (Å²) in [5.74, 6) is 1.06. The molecule has 2 saturated heterocycles. The number of carbonyl (C=O) groups is 2. The predicted octanol–water partition coefficient (Wildman–Crippen LogP) is 3.89. The Labute approximate surface area is 177 Å². The number of hydrogen-bond acceptors (Lipinski definition) is 4. The second-order valence-corrected chi connectivity index (χ2v) is 8.60. The van der Waals surface area contributed by atoms with Gasteiger partial charge in [0.05, 0.1) is 12.0 Å². The summed E-state index contributed by atoms with van der Waals surface area (Å²) in [6.07, 6.45) is 2.19. The molecule has 3 aliphatic heterocycles. The van der Waals surface area contributed by atoms with Crippen molar-refractivity contribution in [2.75, 3.05) is 24.8 Å². The number of ether oxygens (including phenoxy) is 2. The first-order valence-corrected chi connectivity index (χ1v) is 10.7. The third-order valence-electron chi connectivity index (χ3n) is 5.93. The Morgan fingerprint density at radius 2 is 1.86 bits per heavy atom. The summed E-state index contributed by atoms with van der Waals surface area (Å²) in [6, 6.07) is 13.7. The van der Waals surface area contributed by atoms with Gasteiger partial charge >= 0.3 is 0 Å². The van der Waals surface area contributed by atoms with E-state index < -0.39 is 0 Å². The van der Waals surface area contributed by atoms with Gasteiger partial charge in [0.2, 0.25) is 18.6 Å². The first-order valence-electron chi connectivity index (χ1n) is 9.86. The molecule has 2 fully saturated rings. The van der Waals surface area contributed by atoms with Gasteiger partial charge in [0.25, 0.3) is 0 Å². The summed E-state index contributed by atoms with van der Waals surface area (Å²) >= 11 is 3.47. The molecule has 2 unspecified atom stereocenters. The van der Waals surface area contributed by atoms with E-state index in [9.17, 15) is 9.59 Å². The van der Waals surface area contributed by atoms with Gasteiger partial charge in [-0.05, 0) is 42.7 Å². The number of likely N-dealkylation sites (tertiary alicyclic amines) is 1. The van der Waals surface area contributed by atoms with Crippen LogP contribution in [0.2, 0.25) is 0 Å². The van der Waals surface area contributed by atoms with Gasteiger partial charge in [0, 0.05) is 35.7 Å². The highest BCUT2D eigenvalue weighted by molar-refractivity contribution is 9.10. The maximum Gasteiger partial charge on any atom is 0.231 e. The molecule has 5 rings (SSSR count). The molecular formula is C22H21BrN2O4. The summed E-state index contributed by atoms with van der Waals surface area (Å²) < 4.78 is 11.8. The van der Waals surface area contributed by atoms with Gasteiger partial charge in [-0.2, -0.15) is 0 Å². The SMILES string of the molecule is O=C1CC(C(=O)N2CCCC2c2ccc(Br)cc2)CN1c1ccc2c(c1)OCO2. The molecule has 0 bridgehead atoms. The highest BCUT2D eigenvalue weighted by Crippen LogP contribution is 2.39. The third kappa shape index (κ3) is 3.37. The molecule has 0 N–H and O–H groups in total.